The Kier molecular flexibility index (Phi) is 218. The first kappa shape index (κ1) is 52.7. The molecule has 0 rings (SSSR count). The van der Waals surface area contributed by atoms with Crippen molar-refractivity contribution in [1.29, 1.82) is 0 Å². The smallest absolute Gasteiger partial charge is 0.412 e. The summed E-state index contributed by atoms with van der Waals surface area (Å²) in [4.78, 5) is 0. The molecule has 9 heavy (non-hydrogen) atoms. The predicted octanol–water partition coefficient (Wildman–Crippen LogP) is -5.73. The quantitative estimate of drug-likeness (QED) is 0.296. The van der Waals surface area contributed by atoms with E-state index < -0.39 is 7.32 Å². The van der Waals surface area contributed by atoms with Crippen LogP contribution in [0.15, 0.2) is 0 Å². The van der Waals surface area contributed by atoms with Crippen LogP contribution in [0, 0.1) is 0 Å². The van der Waals surface area contributed by atoms with Gasteiger partial charge in [-0.3, -0.25) is 0 Å². The summed E-state index contributed by atoms with van der Waals surface area (Å²) < 4.78 is 0. The fourth-order valence-corrected chi connectivity index (χ4v) is 0. The molecule has 0 amide bonds. The van der Waals surface area contributed by atoms with E-state index in [1.54, 1.807) is 0 Å². The SMILES string of the molecule is O.O.O.O.OB(O)O.[Na]. The Morgan fingerprint density at radius 3 is 0.667 bits per heavy atom. The maximum atomic E-state index is 7.17. The summed E-state index contributed by atoms with van der Waals surface area (Å²) >= 11 is 0. The summed E-state index contributed by atoms with van der Waals surface area (Å²) in [7, 11) is -2.17. The van der Waals surface area contributed by atoms with Crippen LogP contribution < -0.4 is 0 Å². The van der Waals surface area contributed by atoms with Gasteiger partial charge in [-0.15, -0.1) is 0 Å². The van der Waals surface area contributed by atoms with Crippen molar-refractivity contribution in [2.45, 2.75) is 0 Å². The molecule has 0 aliphatic carbocycles. The van der Waals surface area contributed by atoms with Crippen molar-refractivity contribution in [3.8, 4) is 0 Å². The third-order valence-electron chi connectivity index (χ3n) is 0. The van der Waals surface area contributed by atoms with E-state index in [4.69, 9.17) is 15.1 Å². The second kappa shape index (κ2) is 37.2. The van der Waals surface area contributed by atoms with E-state index in [9.17, 15) is 0 Å². The molecule has 11 N–H and O–H groups in total. The van der Waals surface area contributed by atoms with Gasteiger partial charge in [0.05, 0.1) is 0 Å². The third kappa shape index (κ3) is 656. The Morgan fingerprint density at radius 2 is 0.667 bits per heavy atom. The molecule has 0 saturated heterocycles. The molecule has 9 heteroatoms. The van der Waals surface area contributed by atoms with Crippen LogP contribution in [0.4, 0.5) is 0 Å². The third-order valence-corrected chi connectivity index (χ3v) is 0. The topological polar surface area (TPSA) is 187 Å². The first-order chi connectivity index (χ1) is 1.73. The summed E-state index contributed by atoms with van der Waals surface area (Å²) in [5, 5.41) is 21.5. The Balaban J connectivity index is -0.00000000450. The molecule has 0 aromatic carbocycles. The van der Waals surface area contributed by atoms with Gasteiger partial charge in [0.25, 0.3) is 0 Å². The van der Waals surface area contributed by atoms with Gasteiger partial charge >= 0.3 is 7.32 Å². The second-order valence-electron chi connectivity index (χ2n) is 0.346. The minimum absolute atomic E-state index is 0. The van der Waals surface area contributed by atoms with Crippen LogP contribution in [0.25, 0.3) is 0 Å². The molecule has 7 nitrogen and oxygen atoms in total. The molecule has 1 radical (unpaired) electrons. The van der Waals surface area contributed by atoms with Gasteiger partial charge in [0, 0.05) is 29.6 Å². The van der Waals surface area contributed by atoms with Crippen LogP contribution in [0.5, 0.6) is 0 Å². The van der Waals surface area contributed by atoms with Gasteiger partial charge in [-0.1, -0.05) is 0 Å². The Hall–Kier alpha value is 0.785. The standard InChI is InChI=1S/BH3O3.Na.4H2O/c2-1(3)4;;;;;/h2-4H;;4*1H2. The van der Waals surface area contributed by atoms with Crippen LogP contribution in [0.1, 0.15) is 0 Å². The Labute approximate surface area is 74.0 Å². The predicted molar refractivity (Wildman–Crippen MR) is 32.6 cm³/mol. The first-order valence-corrected chi connectivity index (χ1v) is 0.775. The maximum absolute atomic E-state index is 7.17. The largest absolute Gasteiger partial charge is 0.631 e. The van der Waals surface area contributed by atoms with Gasteiger partial charge in [0.2, 0.25) is 0 Å². The van der Waals surface area contributed by atoms with Crippen molar-refractivity contribution in [3.63, 3.8) is 0 Å². The van der Waals surface area contributed by atoms with E-state index >= 15 is 0 Å². The zero-order chi connectivity index (χ0) is 3.58. The molecule has 0 aromatic rings. The Bertz CT molecular complexity index is 13.6. The number of rotatable bonds is 0. The monoisotopic (exact) mass is 157 g/mol. The summed E-state index contributed by atoms with van der Waals surface area (Å²) in [6.07, 6.45) is 0. The molecule has 0 saturated carbocycles. The van der Waals surface area contributed by atoms with Crippen LogP contribution >= 0.6 is 0 Å². The minimum atomic E-state index is -2.17. The van der Waals surface area contributed by atoms with E-state index in [1.807, 2.05) is 0 Å². The zero-order valence-corrected chi connectivity index (χ0v) is 6.92. The summed E-state index contributed by atoms with van der Waals surface area (Å²) in [5.74, 6) is 0. The fourth-order valence-electron chi connectivity index (χ4n) is 0. The van der Waals surface area contributed by atoms with Gasteiger partial charge < -0.3 is 37.0 Å². The zero-order valence-electron chi connectivity index (χ0n) is 4.92. The molecular weight excluding hydrogens is 146 g/mol. The van der Waals surface area contributed by atoms with Crippen molar-refractivity contribution in [2.75, 3.05) is 0 Å². The van der Waals surface area contributed by atoms with Gasteiger partial charge in [0.15, 0.2) is 0 Å². The average Bonchev–Trinajstić information content (AvgIpc) is 0.811. The Morgan fingerprint density at radius 1 is 0.667 bits per heavy atom. The summed E-state index contributed by atoms with van der Waals surface area (Å²) in [6, 6.07) is 0. The van der Waals surface area contributed by atoms with Gasteiger partial charge in [0.1, 0.15) is 0 Å². The van der Waals surface area contributed by atoms with Crippen LogP contribution in [-0.2, 0) is 0 Å². The molecule has 0 aliphatic rings. The van der Waals surface area contributed by atoms with Crippen LogP contribution in [0.2, 0.25) is 0 Å². The van der Waals surface area contributed by atoms with Crippen molar-refractivity contribution in [2.24, 2.45) is 0 Å². The van der Waals surface area contributed by atoms with Crippen molar-refractivity contribution in [3.05, 3.63) is 0 Å². The molecule has 0 atom stereocenters. The number of hydrogen-bond donors (Lipinski definition) is 3. The molecule has 0 spiro atoms. The average molecular weight is 157 g/mol. The number of hydrogen-bond acceptors (Lipinski definition) is 3. The van der Waals surface area contributed by atoms with Crippen molar-refractivity contribution in [1.82, 2.24) is 0 Å². The van der Waals surface area contributed by atoms with Gasteiger partial charge in [-0.25, -0.2) is 0 Å². The molecule has 0 unspecified atom stereocenters. The van der Waals surface area contributed by atoms with E-state index in [2.05, 4.69) is 0 Å². The minimum Gasteiger partial charge on any atom is -0.412 e. The summed E-state index contributed by atoms with van der Waals surface area (Å²) in [5.41, 5.74) is 0. The van der Waals surface area contributed by atoms with Crippen LogP contribution in [-0.4, -0.2) is 73.9 Å². The van der Waals surface area contributed by atoms with E-state index in [0.717, 1.165) is 0 Å². The normalized spacial score (nSPS) is 3.00. The molecule has 57 valence electrons. The molecule has 0 bridgehead atoms. The molecule has 0 heterocycles. The van der Waals surface area contributed by atoms with Gasteiger partial charge in [-0.05, 0) is 0 Å². The van der Waals surface area contributed by atoms with E-state index in [0.29, 0.717) is 0 Å². The molecule has 0 fully saturated rings. The second-order valence-corrected chi connectivity index (χ2v) is 0.346. The first-order valence-electron chi connectivity index (χ1n) is 0.775. The summed E-state index contributed by atoms with van der Waals surface area (Å²) in [6.45, 7) is 0. The molecule has 0 aliphatic heterocycles. The van der Waals surface area contributed by atoms with Crippen LogP contribution in [0.3, 0.4) is 0 Å². The van der Waals surface area contributed by atoms with E-state index in [1.165, 1.54) is 0 Å². The van der Waals surface area contributed by atoms with E-state index in [-0.39, 0.29) is 51.5 Å². The maximum Gasteiger partial charge on any atom is 0.631 e. The van der Waals surface area contributed by atoms with Crippen molar-refractivity contribution >= 4 is 36.9 Å². The molecular formula is H11BNaO7. The fraction of sp³-hybridized carbons (Fsp3) is 0. The van der Waals surface area contributed by atoms with Crippen molar-refractivity contribution < 1.29 is 37.0 Å². The molecule has 0 aromatic heterocycles. The van der Waals surface area contributed by atoms with Gasteiger partial charge in [-0.2, -0.15) is 0 Å².